The molecular formula is C26H37N5O6S. The van der Waals surface area contributed by atoms with Gasteiger partial charge in [-0.25, -0.2) is 9.52 Å². The number of unbranched alkanes of at least 4 members (excludes halogenated alkanes) is 1. The molecule has 0 spiro atoms. The van der Waals surface area contributed by atoms with E-state index < -0.39 is 21.9 Å². The summed E-state index contributed by atoms with van der Waals surface area (Å²) in [4.78, 5) is 20.1. The molecule has 0 radical (unpaired) electrons. The standard InChI is InChI=1S/C26H37N5O6S/c1-26(2,3)37-25(32)31-38(33,34)30-15-11-10-14-29-24(28-5)20-16-22(35-6)23(17-21(20)27-4)36-18-19-12-8-7-9-13-19/h7-9,12-13,16-17,30H,4,10-11,14-15,18H2,1-3,5-6H3,(H,28,29)(H,31,32). The molecule has 0 unspecified atom stereocenters. The van der Waals surface area contributed by atoms with Crippen molar-refractivity contribution < 1.29 is 27.4 Å². The molecule has 2 rings (SSSR count). The van der Waals surface area contributed by atoms with Gasteiger partial charge in [0.05, 0.1) is 12.8 Å². The maximum atomic E-state index is 12.0. The van der Waals surface area contributed by atoms with Crippen LogP contribution in [-0.4, -0.2) is 59.9 Å². The number of carbonyl (C=O) groups is 1. The molecule has 0 fully saturated rings. The second-order valence-corrected chi connectivity index (χ2v) is 10.7. The molecule has 0 saturated heterocycles. The fourth-order valence-corrected chi connectivity index (χ4v) is 4.03. The third kappa shape index (κ3) is 10.4. The molecule has 0 aromatic heterocycles. The largest absolute Gasteiger partial charge is 0.493 e. The molecule has 38 heavy (non-hydrogen) atoms. The summed E-state index contributed by atoms with van der Waals surface area (Å²) in [5, 5.41) is 3.24. The monoisotopic (exact) mass is 547 g/mol. The molecule has 0 aliphatic heterocycles. The molecule has 1 amide bonds. The third-order valence-corrected chi connectivity index (χ3v) is 5.99. The molecular weight excluding hydrogens is 510 g/mol. The van der Waals surface area contributed by atoms with E-state index in [2.05, 4.69) is 26.7 Å². The van der Waals surface area contributed by atoms with Crippen LogP contribution in [-0.2, 0) is 21.6 Å². The highest BCUT2D eigenvalue weighted by Gasteiger charge is 2.21. The van der Waals surface area contributed by atoms with Crippen LogP contribution in [0.25, 0.3) is 0 Å². The quantitative estimate of drug-likeness (QED) is 0.197. The Balaban J connectivity index is 1.91. The Labute approximate surface area is 224 Å². The van der Waals surface area contributed by atoms with E-state index in [-0.39, 0.29) is 6.54 Å². The van der Waals surface area contributed by atoms with Gasteiger partial charge in [0.15, 0.2) is 11.5 Å². The summed E-state index contributed by atoms with van der Waals surface area (Å²) < 4.78 is 44.6. The summed E-state index contributed by atoms with van der Waals surface area (Å²) >= 11 is 0. The minimum atomic E-state index is -4.01. The summed E-state index contributed by atoms with van der Waals surface area (Å²) in [6, 6.07) is 13.3. The summed E-state index contributed by atoms with van der Waals surface area (Å²) in [7, 11) is -0.801. The molecule has 0 aliphatic carbocycles. The van der Waals surface area contributed by atoms with Crippen LogP contribution in [0.5, 0.6) is 11.5 Å². The number of aliphatic imine (C=N–C) groups is 2. The van der Waals surface area contributed by atoms with E-state index >= 15 is 0 Å². The van der Waals surface area contributed by atoms with Crippen molar-refractivity contribution in [3.8, 4) is 11.5 Å². The Morgan fingerprint density at radius 1 is 1.05 bits per heavy atom. The second kappa shape index (κ2) is 14.3. The van der Waals surface area contributed by atoms with Gasteiger partial charge in [-0.3, -0.25) is 9.98 Å². The van der Waals surface area contributed by atoms with Crippen molar-refractivity contribution in [2.75, 3.05) is 27.2 Å². The van der Waals surface area contributed by atoms with Crippen molar-refractivity contribution in [2.45, 2.75) is 45.8 Å². The first-order valence-corrected chi connectivity index (χ1v) is 13.5. The number of nitrogens with one attached hydrogen (secondary N) is 3. The van der Waals surface area contributed by atoms with Gasteiger partial charge in [0, 0.05) is 31.8 Å². The smallest absolute Gasteiger partial charge is 0.422 e. The van der Waals surface area contributed by atoms with Crippen molar-refractivity contribution in [2.24, 2.45) is 9.98 Å². The van der Waals surface area contributed by atoms with Gasteiger partial charge in [-0.15, -0.1) is 0 Å². The van der Waals surface area contributed by atoms with E-state index in [0.717, 1.165) is 5.56 Å². The van der Waals surface area contributed by atoms with Crippen molar-refractivity contribution in [3.05, 3.63) is 53.6 Å². The first-order chi connectivity index (χ1) is 18.0. The Kier molecular flexibility index (Phi) is 11.5. The molecule has 2 aromatic carbocycles. The van der Waals surface area contributed by atoms with Gasteiger partial charge in [-0.05, 0) is 52.0 Å². The first-order valence-electron chi connectivity index (χ1n) is 12.0. The zero-order valence-corrected chi connectivity index (χ0v) is 23.4. The predicted octanol–water partition coefficient (Wildman–Crippen LogP) is 3.71. The summed E-state index contributed by atoms with van der Waals surface area (Å²) in [5.74, 6) is 1.64. The predicted molar refractivity (Wildman–Crippen MR) is 149 cm³/mol. The molecule has 3 N–H and O–H groups in total. The molecule has 0 saturated carbocycles. The van der Waals surface area contributed by atoms with Crippen LogP contribution in [0, 0.1) is 0 Å². The number of hydrogen-bond donors (Lipinski definition) is 3. The van der Waals surface area contributed by atoms with E-state index in [4.69, 9.17) is 14.2 Å². The number of benzene rings is 2. The zero-order valence-electron chi connectivity index (χ0n) is 22.5. The van der Waals surface area contributed by atoms with Gasteiger partial charge >= 0.3 is 16.3 Å². The average molecular weight is 548 g/mol. The lowest BCUT2D eigenvalue weighted by Crippen LogP contribution is -2.43. The lowest BCUT2D eigenvalue weighted by molar-refractivity contribution is 0.0569. The Morgan fingerprint density at radius 2 is 1.74 bits per heavy atom. The van der Waals surface area contributed by atoms with E-state index in [1.165, 1.54) is 0 Å². The van der Waals surface area contributed by atoms with Gasteiger partial charge < -0.3 is 19.5 Å². The van der Waals surface area contributed by atoms with Gasteiger partial charge in [0.1, 0.15) is 18.0 Å². The van der Waals surface area contributed by atoms with Crippen LogP contribution < -0.4 is 24.2 Å². The fourth-order valence-electron chi connectivity index (χ4n) is 3.28. The summed E-state index contributed by atoms with van der Waals surface area (Å²) in [6.45, 7) is 9.63. The summed E-state index contributed by atoms with van der Waals surface area (Å²) in [5.41, 5.74) is 1.48. The van der Waals surface area contributed by atoms with Crippen molar-refractivity contribution in [3.63, 3.8) is 0 Å². The number of methoxy groups -OCH3 is 1. The molecule has 2 aromatic rings. The molecule has 0 bridgehead atoms. The number of amidine groups is 1. The van der Waals surface area contributed by atoms with Crippen molar-refractivity contribution in [1.29, 1.82) is 0 Å². The molecule has 0 atom stereocenters. The minimum Gasteiger partial charge on any atom is -0.493 e. The third-order valence-electron chi connectivity index (χ3n) is 4.97. The first kappa shape index (κ1) is 30.6. The average Bonchev–Trinajstić information content (AvgIpc) is 2.85. The van der Waals surface area contributed by atoms with Crippen LogP contribution in [0.3, 0.4) is 0 Å². The van der Waals surface area contributed by atoms with Crippen LogP contribution in [0.1, 0.15) is 44.7 Å². The second-order valence-electron chi connectivity index (χ2n) is 9.16. The highest BCUT2D eigenvalue weighted by atomic mass is 32.2. The maximum absolute atomic E-state index is 12.0. The van der Waals surface area contributed by atoms with Crippen molar-refractivity contribution in [1.82, 2.24) is 14.8 Å². The summed E-state index contributed by atoms with van der Waals surface area (Å²) in [6.07, 6.45) is 0.107. The van der Waals surface area contributed by atoms with E-state index in [1.54, 1.807) is 47.1 Å². The SMILES string of the molecule is C=Nc1cc(OCc2ccccc2)c(OC)cc1C(=NC)NCCCCNS(=O)(=O)NC(=O)OC(C)(C)C. The molecule has 0 aliphatic rings. The Hall–Kier alpha value is -3.64. The Morgan fingerprint density at radius 3 is 2.34 bits per heavy atom. The lowest BCUT2D eigenvalue weighted by atomic mass is 10.1. The number of nitrogens with zero attached hydrogens (tertiary/aromatic N) is 2. The number of amides is 1. The van der Waals surface area contributed by atoms with Gasteiger partial charge in [0.25, 0.3) is 0 Å². The maximum Gasteiger partial charge on any atom is 0.422 e. The van der Waals surface area contributed by atoms with Crippen LogP contribution in [0.2, 0.25) is 0 Å². The molecule has 208 valence electrons. The van der Waals surface area contributed by atoms with E-state index in [0.29, 0.717) is 54.6 Å². The highest BCUT2D eigenvalue weighted by molar-refractivity contribution is 7.88. The molecule has 0 heterocycles. The topological polar surface area (TPSA) is 140 Å². The zero-order chi connectivity index (χ0) is 28.2. The Bertz CT molecular complexity index is 1210. The van der Waals surface area contributed by atoms with Crippen molar-refractivity contribution >= 4 is 34.5 Å². The minimum absolute atomic E-state index is 0.138. The normalized spacial score (nSPS) is 12.0. The lowest BCUT2D eigenvalue weighted by Gasteiger charge is -2.19. The van der Waals surface area contributed by atoms with Gasteiger partial charge in [0.2, 0.25) is 0 Å². The van der Waals surface area contributed by atoms with Gasteiger partial charge in [-0.1, -0.05) is 30.3 Å². The van der Waals surface area contributed by atoms with Crippen LogP contribution in [0.15, 0.2) is 52.4 Å². The molecule has 12 heteroatoms. The number of rotatable bonds is 13. The van der Waals surface area contributed by atoms with Crippen LogP contribution in [0.4, 0.5) is 10.5 Å². The molecule has 11 nitrogen and oxygen atoms in total. The van der Waals surface area contributed by atoms with Gasteiger partial charge in [-0.2, -0.15) is 13.1 Å². The number of carbonyl (C=O) groups excluding carboxylic acids is 1. The van der Waals surface area contributed by atoms with E-state index in [1.807, 2.05) is 35.1 Å². The van der Waals surface area contributed by atoms with Crippen LogP contribution >= 0.6 is 0 Å². The number of hydrogen-bond acceptors (Lipinski definition) is 8. The number of ether oxygens (including phenoxy) is 3. The highest BCUT2D eigenvalue weighted by Crippen LogP contribution is 2.35. The van der Waals surface area contributed by atoms with E-state index in [9.17, 15) is 13.2 Å². The fraction of sp³-hybridized carbons (Fsp3) is 0.423.